The maximum atomic E-state index is 15.4. The Morgan fingerprint density at radius 1 is 0.847 bits per heavy atom. The maximum Gasteiger partial charge on any atom is 0.258 e. The van der Waals surface area contributed by atoms with Crippen LogP contribution >= 0.6 is 55.1 Å². The van der Waals surface area contributed by atoms with E-state index in [4.69, 9.17) is 32.4 Å². The van der Waals surface area contributed by atoms with Crippen LogP contribution in [0.5, 0.6) is 11.5 Å². The number of carbonyl (C=O) groups is 4. The van der Waals surface area contributed by atoms with E-state index >= 15 is 8.78 Å². The molecular formula is C40H22Br2Cl2F5N3O7. The first-order valence-electron chi connectivity index (χ1n) is 17.5. The normalized spacial score (nSPS) is 26.4. The first-order valence-corrected chi connectivity index (χ1v) is 19.9. The van der Waals surface area contributed by atoms with Gasteiger partial charge in [-0.2, -0.15) is 0 Å². The molecule has 0 radical (unpaired) electrons. The summed E-state index contributed by atoms with van der Waals surface area (Å²) >= 11 is 21.2. The smallest absolute Gasteiger partial charge is 0.258 e. The fraction of sp³-hybridized carbons (Fsp3) is 0.225. The Kier molecular flexibility index (Phi) is 9.12. The molecule has 2 aliphatic heterocycles. The van der Waals surface area contributed by atoms with Crippen molar-refractivity contribution in [2.24, 2.45) is 17.8 Å². The van der Waals surface area contributed by atoms with Crippen molar-refractivity contribution in [2.45, 2.75) is 28.5 Å². The maximum absolute atomic E-state index is 15.4. The number of amides is 4. The van der Waals surface area contributed by atoms with E-state index < -0.39 is 104 Å². The van der Waals surface area contributed by atoms with E-state index in [9.17, 15) is 37.5 Å². The molecule has 302 valence electrons. The predicted octanol–water partition coefficient (Wildman–Crippen LogP) is 9.20. The van der Waals surface area contributed by atoms with Gasteiger partial charge in [-0.25, -0.2) is 31.8 Å². The standard InChI is InChI=1S/C40H22Br2Cl2F5N3O7/c1-58-22-12-18(25(41)26(42)33(22)53)24-16-10-11-17-23(36(55)51(35(17)54)15-8-6-14(7-9-15)34-50-20-4-2-3-5-21(20)59-34)19(16)13-39(43)37(56)52(38(57)40(24,39)44)32-30(48)28(46)27(45)29(47)31(32)49/h2-10,12,17,19,23-24,53H,11,13H2,1H3/t17-,19+,23-,24+,39+,40-/m0/s1. The number of phenols is 1. The Labute approximate surface area is 355 Å². The van der Waals surface area contributed by atoms with Gasteiger partial charge < -0.3 is 14.3 Å². The predicted molar refractivity (Wildman–Crippen MR) is 208 cm³/mol. The van der Waals surface area contributed by atoms with Crippen LogP contribution in [-0.2, 0) is 19.2 Å². The lowest BCUT2D eigenvalue weighted by Gasteiger charge is -2.51. The van der Waals surface area contributed by atoms with Crippen molar-refractivity contribution in [1.29, 1.82) is 0 Å². The van der Waals surface area contributed by atoms with Gasteiger partial charge in [-0.3, -0.25) is 24.1 Å². The molecule has 5 aromatic rings. The molecular weight excluding hydrogens is 960 g/mol. The number of aromatic hydroxyl groups is 1. The quantitative estimate of drug-likeness (QED) is 0.0461. The highest BCUT2D eigenvalue weighted by atomic mass is 79.9. The number of anilines is 2. The van der Waals surface area contributed by atoms with Gasteiger partial charge in [-0.05, 0) is 98.6 Å². The van der Waals surface area contributed by atoms with Gasteiger partial charge in [0.15, 0.2) is 50.1 Å². The first kappa shape index (κ1) is 39.6. The molecule has 6 atom stereocenters. The molecule has 3 heterocycles. The zero-order valence-electron chi connectivity index (χ0n) is 29.6. The number of halogens is 9. The van der Waals surface area contributed by atoms with Crippen molar-refractivity contribution in [3.8, 4) is 23.0 Å². The number of nitrogens with zero attached hydrogens (tertiary/aromatic N) is 3. The summed E-state index contributed by atoms with van der Waals surface area (Å²) in [6, 6.07) is 14.7. The Hall–Kier alpha value is -4.84. The van der Waals surface area contributed by atoms with Crippen LogP contribution in [0.1, 0.15) is 24.3 Å². The van der Waals surface area contributed by atoms with E-state index in [-0.39, 0.29) is 42.8 Å². The third-order valence-electron chi connectivity index (χ3n) is 11.6. The number of phenolic OH excluding ortho intramolecular Hbond substituents is 1. The Balaban J connectivity index is 1.18. The van der Waals surface area contributed by atoms with Gasteiger partial charge in [-0.1, -0.05) is 23.8 Å². The summed E-state index contributed by atoms with van der Waals surface area (Å²) in [6.07, 6.45) is 0.769. The minimum atomic E-state index is -2.79. The second kappa shape index (κ2) is 13.6. The van der Waals surface area contributed by atoms with Crippen molar-refractivity contribution in [2.75, 3.05) is 16.9 Å². The first-order chi connectivity index (χ1) is 28.0. The number of oxazole rings is 1. The lowest BCUT2D eigenvalue weighted by atomic mass is 9.56. The number of benzene rings is 4. The van der Waals surface area contributed by atoms with Gasteiger partial charge in [-0.15, -0.1) is 23.2 Å². The van der Waals surface area contributed by atoms with E-state index in [0.29, 0.717) is 22.6 Å². The van der Waals surface area contributed by atoms with E-state index in [1.54, 1.807) is 42.5 Å². The number of ether oxygens (including phenoxy) is 1. The number of alkyl halides is 2. The third-order valence-corrected chi connectivity index (χ3v) is 15.2. The minimum absolute atomic E-state index is 0.00442. The molecule has 1 N–H and O–H groups in total. The highest BCUT2D eigenvalue weighted by Gasteiger charge is 2.77. The van der Waals surface area contributed by atoms with Crippen LogP contribution in [0, 0.1) is 46.8 Å². The molecule has 2 aliphatic carbocycles. The monoisotopic (exact) mass is 979 g/mol. The number of hydrogen-bond donors (Lipinski definition) is 1. The van der Waals surface area contributed by atoms with Crippen molar-refractivity contribution in [1.82, 2.24) is 4.98 Å². The van der Waals surface area contributed by atoms with Crippen molar-refractivity contribution in [3.63, 3.8) is 0 Å². The number of hydrogen-bond acceptors (Lipinski definition) is 8. The molecule has 4 aromatic carbocycles. The fourth-order valence-corrected chi connectivity index (χ4v) is 10.8. The Morgan fingerprint density at radius 3 is 2.14 bits per heavy atom. The third kappa shape index (κ3) is 5.23. The highest BCUT2D eigenvalue weighted by Crippen LogP contribution is 2.67. The summed E-state index contributed by atoms with van der Waals surface area (Å²) in [5, 5.41) is 10.8. The topological polar surface area (TPSA) is 130 Å². The molecule has 0 bridgehead atoms. The molecule has 4 amide bonds. The number of rotatable bonds is 5. The molecule has 3 fully saturated rings. The second-order valence-electron chi connectivity index (χ2n) is 14.4. The summed E-state index contributed by atoms with van der Waals surface area (Å²) in [5.41, 5.74) is 0.216. The van der Waals surface area contributed by atoms with Crippen LogP contribution in [0.25, 0.3) is 22.6 Å². The molecule has 10 nitrogen and oxygen atoms in total. The molecule has 59 heavy (non-hydrogen) atoms. The minimum Gasteiger partial charge on any atom is -0.503 e. The SMILES string of the molecule is COc1cc([C@H]2C3=CC[C@@H]4C(=O)N(c5ccc(-c6nc7ccccc7o6)cc5)C(=O)[C@@H]4[C@@H]3C[C@@]3(Cl)C(=O)N(c4c(F)c(F)c(F)c(F)c4F)C(=O)[C@@]23Cl)c(Br)c(Br)c1O. The summed E-state index contributed by atoms with van der Waals surface area (Å²) in [4.78, 5) is 57.6. The van der Waals surface area contributed by atoms with Crippen molar-refractivity contribution in [3.05, 3.63) is 110 Å². The summed E-state index contributed by atoms with van der Waals surface area (Å²) in [5.74, 6) is -22.4. The average molecular weight is 982 g/mol. The highest BCUT2D eigenvalue weighted by molar-refractivity contribution is 9.13. The van der Waals surface area contributed by atoms with Gasteiger partial charge in [0.25, 0.3) is 11.8 Å². The average Bonchev–Trinajstić information content (AvgIpc) is 3.82. The lowest BCUT2D eigenvalue weighted by molar-refractivity contribution is -0.125. The Bertz CT molecular complexity index is 2730. The molecule has 4 aliphatic rings. The van der Waals surface area contributed by atoms with Gasteiger partial charge in [0.2, 0.25) is 23.5 Å². The molecule has 0 spiro atoms. The van der Waals surface area contributed by atoms with Crippen LogP contribution in [0.15, 0.2) is 79.6 Å². The fourth-order valence-electron chi connectivity index (χ4n) is 8.89. The van der Waals surface area contributed by atoms with E-state index in [1.807, 2.05) is 0 Å². The van der Waals surface area contributed by atoms with Crippen LogP contribution in [0.2, 0.25) is 0 Å². The molecule has 9 rings (SSSR count). The van der Waals surface area contributed by atoms with Crippen LogP contribution in [0.4, 0.5) is 33.3 Å². The molecule has 2 saturated heterocycles. The van der Waals surface area contributed by atoms with Crippen LogP contribution in [-0.4, -0.2) is 50.6 Å². The Morgan fingerprint density at radius 2 is 1.49 bits per heavy atom. The van der Waals surface area contributed by atoms with Gasteiger partial charge in [0.1, 0.15) is 11.2 Å². The van der Waals surface area contributed by atoms with Gasteiger partial charge >= 0.3 is 0 Å². The van der Waals surface area contributed by atoms with Crippen molar-refractivity contribution >= 4 is 101 Å². The lowest BCUT2D eigenvalue weighted by Crippen LogP contribution is -2.60. The van der Waals surface area contributed by atoms with E-state index in [1.165, 1.54) is 25.3 Å². The molecule has 19 heteroatoms. The molecule has 1 saturated carbocycles. The van der Waals surface area contributed by atoms with Crippen LogP contribution in [0.3, 0.4) is 0 Å². The van der Waals surface area contributed by atoms with Gasteiger partial charge in [0, 0.05) is 16.0 Å². The van der Waals surface area contributed by atoms with Gasteiger partial charge in [0.05, 0.1) is 29.1 Å². The number of para-hydroxylation sites is 2. The molecule has 0 unspecified atom stereocenters. The second-order valence-corrected chi connectivity index (χ2v) is 17.2. The summed E-state index contributed by atoms with van der Waals surface area (Å²) in [7, 11) is 1.21. The number of aromatic nitrogens is 1. The zero-order chi connectivity index (χ0) is 42.2. The number of imide groups is 2. The van der Waals surface area contributed by atoms with E-state index in [2.05, 4.69) is 36.8 Å². The number of fused-ring (bicyclic) bond motifs is 5. The number of allylic oxidation sites excluding steroid dienone is 2. The molecule has 1 aromatic heterocycles. The van der Waals surface area contributed by atoms with Crippen molar-refractivity contribution < 1.29 is 55.4 Å². The zero-order valence-corrected chi connectivity index (χ0v) is 34.3. The summed E-state index contributed by atoms with van der Waals surface area (Å²) in [6.45, 7) is 0. The number of methoxy groups -OCH3 is 1. The van der Waals surface area contributed by atoms with E-state index in [0.717, 1.165) is 4.90 Å². The number of carbonyl (C=O) groups excluding carboxylic acids is 4. The largest absolute Gasteiger partial charge is 0.503 e. The van der Waals surface area contributed by atoms with Crippen LogP contribution < -0.4 is 14.5 Å². The summed E-state index contributed by atoms with van der Waals surface area (Å²) < 4.78 is 85.5.